The molecule has 0 spiro atoms. The number of aliphatic hydroxyl groups excluding tert-OH is 2. The molecule has 6 atom stereocenters. The highest BCUT2D eigenvalue weighted by Crippen LogP contribution is 2.55. The van der Waals surface area contributed by atoms with Crippen molar-refractivity contribution in [2.45, 2.75) is 43.8 Å². The SMILES string of the molecule is O=C(O)CCCP(=O)([O-])OP(=O)([O-])OC[C@H]1O[C@@H](n2ccc(NC(=O)Cc3cccc4ccccc34)nc2=O)[C@@H](O)C1O. The number of carboxylic acids is 1. The Morgan fingerprint density at radius 3 is 2.51 bits per heavy atom. The van der Waals surface area contributed by atoms with Gasteiger partial charge in [0.15, 0.2) is 6.23 Å². The summed E-state index contributed by atoms with van der Waals surface area (Å²) in [4.78, 5) is 63.4. The van der Waals surface area contributed by atoms with Crippen LogP contribution >= 0.6 is 15.4 Å². The molecule has 0 saturated carbocycles. The number of nitrogens with zero attached hydrogens (tertiary/aromatic N) is 2. The molecule has 0 bridgehead atoms. The molecule has 0 radical (unpaired) electrons. The maximum atomic E-state index is 12.7. The predicted molar refractivity (Wildman–Crippen MR) is 145 cm³/mol. The Morgan fingerprint density at radius 1 is 1.07 bits per heavy atom. The molecule has 1 aromatic heterocycles. The number of aliphatic hydroxyl groups is 2. The van der Waals surface area contributed by atoms with Crippen LogP contribution < -0.4 is 20.8 Å². The van der Waals surface area contributed by atoms with Gasteiger partial charge in [0.25, 0.3) is 7.82 Å². The van der Waals surface area contributed by atoms with E-state index in [1.54, 1.807) is 6.07 Å². The molecule has 16 nitrogen and oxygen atoms in total. The highest BCUT2D eigenvalue weighted by Gasteiger charge is 2.44. The van der Waals surface area contributed by atoms with Crippen LogP contribution in [0.2, 0.25) is 0 Å². The molecule has 3 unspecified atom stereocenters. The topological polar surface area (TPSA) is 250 Å². The lowest BCUT2D eigenvalue weighted by Crippen LogP contribution is -2.36. The number of nitrogens with one attached hydrogen (secondary N) is 1. The van der Waals surface area contributed by atoms with Crippen molar-refractivity contribution in [3.05, 3.63) is 70.8 Å². The Balaban J connectivity index is 1.35. The number of carbonyl (C=O) groups excluding carboxylic acids is 1. The Labute approximate surface area is 243 Å². The lowest BCUT2D eigenvalue weighted by Gasteiger charge is -2.32. The van der Waals surface area contributed by atoms with Gasteiger partial charge in [0.2, 0.25) is 5.91 Å². The van der Waals surface area contributed by atoms with E-state index in [1.807, 2.05) is 36.4 Å². The standard InChI is InChI=1S/C25H29N3O13P2/c29-20(13-16-7-3-6-15-5-1-2-8-17(15)16)26-19-10-11-28(25(34)27-19)24-23(33)22(32)18(40-24)14-39-43(37,38)41-42(35,36)12-4-9-21(30)31/h1-3,5-8,10-11,18,22-24,32-33H,4,9,12-14H2,(H,30,31)(H,35,36)(H,37,38)(H,26,27,29,34)/p-2/t18-,22?,23+,24-/m1/s1. The summed E-state index contributed by atoms with van der Waals surface area (Å²) in [5, 5.41) is 33.7. The van der Waals surface area contributed by atoms with Gasteiger partial charge in [-0.3, -0.25) is 23.0 Å². The summed E-state index contributed by atoms with van der Waals surface area (Å²) in [6.45, 7) is -0.991. The van der Waals surface area contributed by atoms with Gasteiger partial charge in [0, 0.05) is 18.8 Å². The molecule has 0 aliphatic carbocycles. The molecule has 1 aliphatic heterocycles. The largest absolute Gasteiger partial charge is 0.778 e. The van der Waals surface area contributed by atoms with Crippen molar-refractivity contribution in [2.75, 3.05) is 18.1 Å². The summed E-state index contributed by atoms with van der Waals surface area (Å²) < 4.78 is 38.5. The molecular formula is C25H27N3O13P2-2. The number of aliphatic carboxylic acids is 1. The van der Waals surface area contributed by atoms with Gasteiger partial charge in [-0.25, -0.2) is 4.79 Å². The maximum Gasteiger partial charge on any atom is 0.351 e. The fourth-order valence-electron chi connectivity index (χ4n) is 4.38. The van der Waals surface area contributed by atoms with Crippen molar-refractivity contribution in [2.24, 2.45) is 0 Å². The molecule has 4 N–H and O–H groups in total. The Bertz CT molecular complexity index is 1640. The third kappa shape index (κ3) is 8.63. The number of fused-ring (bicyclic) bond motifs is 1. The molecule has 3 aromatic rings. The third-order valence-corrected chi connectivity index (χ3v) is 9.51. The lowest BCUT2D eigenvalue weighted by molar-refractivity contribution is -0.234. The summed E-state index contributed by atoms with van der Waals surface area (Å²) >= 11 is 0. The van der Waals surface area contributed by atoms with Crippen molar-refractivity contribution >= 4 is 43.9 Å². The molecule has 232 valence electrons. The van der Waals surface area contributed by atoms with Crippen LogP contribution in [0.5, 0.6) is 0 Å². The molecule has 1 amide bonds. The fourth-order valence-corrected chi connectivity index (χ4v) is 6.99. The molecular weight excluding hydrogens is 612 g/mol. The molecule has 2 aromatic carbocycles. The normalized spacial score (nSPS) is 23.0. The van der Waals surface area contributed by atoms with Crippen LogP contribution in [0.1, 0.15) is 24.6 Å². The Morgan fingerprint density at radius 2 is 1.79 bits per heavy atom. The number of hydrogen-bond acceptors (Lipinski definition) is 13. The third-order valence-electron chi connectivity index (χ3n) is 6.38. The molecule has 2 heterocycles. The molecule has 1 saturated heterocycles. The van der Waals surface area contributed by atoms with Crippen LogP contribution in [-0.4, -0.2) is 67.8 Å². The van der Waals surface area contributed by atoms with Crippen molar-refractivity contribution in [1.82, 2.24) is 9.55 Å². The minimum Gasteiger partial charge on any atom is -0.778 e. The van der Waals surface area contributed by atoms with E-state index in [2.05, 4.69) is 19.1 Å². The average Bonchev–Trinajstić information content (AvgIpc) is 3.20. The van der Waals surface area contributed by atoms with Gasteiger partial charge in [-0.05, 0) is 28.8 Å². The minimum absolute atomic E-state index is 0.00184. The summed E-state index contributed by atoms with van der Waals surface area (Å²) in [7, 11) is -10.5. The van der Waals surface area contributed by atoms with Crippen LogP contribution in [0.15, 0.2) is 59.5 Å². The first kappa shape index (κ1) is 32.6. The number of amides is 1. The fraction of sp³-hybridized carbons (Fsp3) is 0.360. The average molecular weight is 639 g/mol. The summed E-state index contributed by atoms with van der Waals surface area (Å²) in [6.07, 6.45) is -7.29. The van der Waals surface area contributed by atoms with E-state index in [-0.39, 0.29) is 12.2 Å². The molecule has 43 heavy (non-hydrogen) atoms. The second-order valence-corrected chi connectivity index (χ2v) is 13.0. The smallest absolute Gasteiger partial charge is 0.351 e. The highest BCUT2D eigenvalue weighted by molar-refractivity contribution is 7.62. The van der Waals surface area contributed by atoms with Crippen molar-refractivity contribution in [3.63, 3.8) is 0 Å². The van der Waals surface area contributed by atoms with E-state index < -0.39 is 83.1 Å². The number of benzene rings is 2. The maximum absolute atomic E-state index is 12.7. The second kappa shape index (κ2) is 13.6. The number of carboxylic acid groups (broad SMARTS) is 1. The van der Waals surface area contributed by atoms with E-state index in [0.29, 0.717) is 0 Å². The zero-order valence-corrected chi connectivity index (χ0v) is 24.0. The van der Waals surface area contributed by atoms with Crippen molar-refractivity contribution in [3.8, 4) is 0 Å². The van der Waals surface area contributed by atoms with E-state index in [9.17, 15) is 43.5 Å². The van der Waals surface area contributed by atoms with Gasteiger partial charge in [0.05, 0.1) is 13.0 Å². The Hall–Kier alpha value is -3.30. The number of anilines is 1. The molecule has 4 rings (SSSR count). The van der Waals surface area contributed by atoms with Crippen LogP contribution in [0, 0.1) is 0 Å². The zero-order valence-electron chi connectivity index (χ0n) is 22.3. The zero-order chi connectivity index (χ0) is 31.4. The van der Waals surface area contributed by atoms with Gasteiger partial charge < -0.3 is 44.2 Å². The van der Waals surface area contributed by atoms with Crippen LogP contribution in [0.4, 0.5) is 5.82 Å². The summed E-state index contributed by atoms with van der Waals surface area (Å²) in [6, 6.07) is 14.3. The first-order valence-electron chi connectivity index (χ1n) is 12.8. The number of ether oxygens (including phenoxy) is 1. The van der Waals surface area contributed by atoms with Crippen molar-refractivity contribution in [1.29, 1.82) is 0 Å². The number of rotatable bonds is 13. The van der Waals surface area contributed by atoms with E-state index >= 15 is 0 Å². The van der Waals surface area contributed by atoms with Gasteiger partial charge in [-0.15, -0.1) is 0 Å². The van der Waals surface area contributed by atoms with Crippen LogP contribution in [0.25, 0.3) is 10.8 Å². The summed E-state index contributed by atoms with van der Waals surface area (Å²) in [5.41, 5.74) is -0.217. The Kier molecular flexibility index (Phi) is 10.3. The molecule has 1 aliphatic rings. The van der Waals surface area contributed by atoms with E-state index in [0.717, 1.165) is 27.1 Å². The first-order valence-corrected chi connectivity index (χ1v) is 16.0. The number of hydrogen-bond donors (Lipinski definition) is 4. The monoisotopic (exact) mass is 639 g/mol. The minimum atomic E-state index is -5.50. The summed E-state index contributed by atoms with van der Waals surface area (Å²) in [5.74, 6) is -1.82. The number of phosphoric ester groups is 1. The predicted octanol–water partition coefficient (Wildman–Crippen LogP) is 0.117. The number of aromatic nitrogens is 2. The van der Waals surface area contributed by atoms with Gasteiger partial charge in [-0.2, -0.15) is 4.98 Å². The van der Waals surface area contributed by atoms with Gasteiger partial charge >= 0.3 is 11.7 Å². The molecule has 18 heteroatoms. The molecule has 1 fully saturated rings. The van der Waals surface area contributed by atoms with Crippen molar-refractivity contribution < 1.29 is 57.4 Å². The van der Waals surface area contributed by atoms with Gasteiger partial charge in [0.1, 0.15) is 31.7 Å². The van der Waals surface area contributed by atoms with Gasteiger partial charge in [-0.1, -0.05) is 42.5 Å². The van der Waals surface area contributed by atoms with Crippen LogP contribution in [-0.2, 0) is 38.7 Å². The lowest BCUT2D eigenvalue weighted by atomic mass is 10.0. The quantitative estimate of drug-likeness (QED) is 0.181. The first-order chi connectivity index (χ1) is 20.2. The number of carbonyl (C=O) groups is 2. The number of phosphoric acid groups is 1. The van der Waals surface area contributed by atoms with Crippen LogP contribution in [0.3, 0.4) is 0 Å². The van der Waals surface area contributed by atoms with E-state index in [1.165, 1.54) is 6.07 Å². The van der Waals surface area contributed by atoms with E-state index in [4.69, 9.17) is 9.84 Å². The second-order valence-electron chi connectivity index (χ2n) is 9.57. The highest BCUT2D eigenvalue weighted by atomic mass is 31.3.